The van der Waals surface area contributed by atoms with Gasteiger partial charge in [0.25, 0.3) is 0 Å². The zero-order valence-electron chi connectivity index (χ0n) is 12.8. The van der Waals surface area contributed by atoms with Crippen molar-refractivity contribution >= 4 is 28.9 Å². The van der Waals surface area contributed by atoms with Gasteiger partial charge in [-0.2, -0.15) is 18.2 Å². The zero-order chi connectivity index (χ0) is 18.7. The molecule has 0 unspecified atom stereocenters. The lowest BCUT2D eigenvalue weighted by Gasteiger charge is -2.04. The first-order valence-electron chi connectivity index (χ1n) is 7.03. The Balaban J connectivity index is 1.68. The van der Waals surface area contributed by atoms with E-state index >= 15 is 0 Å². The molecule has 0 bridgehead atoms. The highest BCUT2D eigenvalue weighted by molar-refractivity contribution is 7.99. The van der Waals surface area contributed by atoms with E-state index in [1.165, 1.54) is 35.2 Å². The Morgan fingerprint density at radius 3 is 2.73 bits per heavy atom. The molecule has 3 aromatic rings. The molecule has 136 valence electrons. The van der Waals surface area contributed by atoms with Gasteiger partial charge in [-0.3, -0.25) is 4.79 Å². The summed E-state index contributed by atoms with van der Waals surface area (Å²) in [6, 6.07) is 3.37. The number of benzene rings is 1. The lowest BCUT2D eigenvalue weighted by atomic mass is 10.1. The molecular weight excluding hydrogens is 394 g/mol. The number of thioether (sulfide) groups is 1. The summed E-state index contributed by atoms with van der Waals surface area (Å²) in [6.45, 7) is 0. The summed E-state index contributed by atoms with van der Waals surface area (Å²) < 4.78 is 55.7. The van der Waals surface area contributed by atoms with Crippen LogP contribution in [-0.2, 0) is 11.9 Å². The molecule has 5 nitrogen and oxygen atoms in total. The minimum atomic E-state index is -4.78. The number of aromatic nitrogens is 3. The third-order valence-electron chi connectivity index (χ3n) is 3.16. The molecule has 0 atom stereocenters. The molecule has 0 aliphatic carbocycles. The number of hydrogen-bond donors (Lipinski definition) is 0. The second kappa shape index (κ2) is 7.54. The molecule has 0 saturated carbocycles. The van der Waals surface area contributed by atoms with Gasteiger partial charge in [-0.1, -0.05) is 11.2 Å². The fourth-order valence-electron chi connectivity index (χ4n) is 1.97. The molecular formula is C15H9F4N3O2S2. The normalized spacial score (nSPS) is 11.7. The van der Waals surface area contributed by atoms with Crippen molar-refractivity contribution in [1.82, 2.24) is 15.1 Å². The number of carbonyl (C=O) groups excluding carboxylic acids is 1. The van der Waals surface area contributed by atoms with Gasteiger partial charge in [0.2, 0.25) is 5.82 Å². The molecule has 0 aliphatic rings. The van der Waals surface area contributed by atoms with Crippen LogP contribution >= 0.6 is 23.1 Å². The van der Waals surface area contributed by atoms with Crippen LogP contribution in [0.15, 0.2) is 33.6 Å². The van der Waals surface area contributed by atoms with E-state index in [2.05, 4.69) is 19.6 Å². The van der Waals surface area contributed by atoms with Gasteiger partial charge in [0.1, 0.15) is 5.82 Å². The number of thiazole rings is 1. The van der Waals surface area contributed by atoms with E-state index in [1.807, 2.05) is 5.38 Å². The second-order valence-electron chi connectivity index (χ2n) is 5.01. The van der Waals surface area contributed by atoms with Crippen LogP contribution in [0.5, 0.6) is 0 Å². The molecule has 0 fully saturated rings. The zero-order valence-corrected chi connectivity index (χ0v) is 14.4. The highest BCUT2D eigenvalue weighted by Crippen LogP contribution is 2.29. The monoisotopic (exact) mass is 403 g/mol. The quantitative estimate of drug-likeness (QED) is 0.447. The average molecular weight is 403 g/mol. The van der Waals surface area contributed by atoms with E-state index in [0.717, 1.165) is 11.8 Å². The number of halogens is 4. The smallest absolute Gasteiger partial charge is 0.329 e. The van der Waals surface area contributed by atoms with Crippen LogP contribution in [-0.4, -0.2) is 26.7 Å². The predicted molar refractivity (Wildman–Crippen MR) is 87.3 cm³/mol. The molecule has 11 heteroatoms. The predicted octanol–water partition coefficient (Wildman–Crippen LogP) is 4.47. The molecule has 2 heterocycles. The summed E-state index contributed by atoms with van der Waals surface area (Å²) in [5.41, 5.74) is 2.34. The average Bonchev–Trinajstić information content (AvgIpc) is 3.26. The first-order valence-corrected chi connectivity index (χ1v) is 9.13. The lowest BCUT2D eigenvalue weighted by molar-refractivity contribution is -0.159. The van der Waals surface area contributed by atoms with Gasteiger partial charge in [0.15, 0.2) is 5.78 Å². The Bertz CT molecular complexity index is 910. The minimum Gasteiger partial charge on any atom is -0.329 e. The molecule has 0 N–H and O–H groups in total. The Kier molecular flexibility index (Phi) is 5.37. The van der Waals surface area contributed by atoms with Gasteiger partial charge in [-0.05, 0) is 12.1 Å². The first kappa shape index (κ1) is 18.5. The van der Waals surface area contributed by atoms with Crippen LogP contribution in [0.25, 0.3) is 11.4 Å². The molecule has 0 amide bonds. The summed E-state index contributed by atoms with van der Waals surface area (Å²) in [7, 11) is 0. The van der Waals surface area contributed by atoms with Gasteiger partial charge in [-0.15, -0.1) is 23.1 Å². The van der Waals surface area contributed by atoms with Crippen molar-refractivity contribution in [2.45, 2.75) is 11.9 Å². The van der Waals surface area contributed by atoms with E-state index in [4.69, 9.17) is 0 Å². The molecule has 0 radical (unpaired) electrons. The molecule has 0 spiro atoms. The van der Waals surface area contributed by atoms with Crippen LogP contribution in [0.1, 0.15) is 21.9 Å². The van der Waals surface area contributed by atoms with Crippen molar-refractivity contribution < 1.29 is 26.9 Å². The molecule has 3 rings (SSSR count). The number of hydrogen-bond acceptors (Lipinski definition) is 7. The van der Waals surface area contributed by atoms with Crippen LogP contribution in [0.2, 0.25) is 0 Å². The fourth-order valence-corrected chi connectivity index (χ4v) is 3.44. The van der Waals surface area contributed by atoms with E-state index in [9.17, 15) is 22.4 Å². The highest BCUT2D eigenvalue weighted by atomic mass is 32.2. The topological polar surface area (TPSA) is 68.9 Å². The van der Waals surface area contributed by atoms with Gasteiger partial charge in [-0.25, -0.2) is 9.37 Å². The van der Waals surface area contributed by atoms with Crippen LogP contribution in [0.3, 0.4) is 0 Å². The molecule has 26 heavy (non-hydrogen) atoms. The third-order valence-corrected chi connectivity index (χ3v) is 4.76. The van der Waals surface area contributed by atoms with Gasteiger partial charge >= 0.3 is 12.1 Å². The van der Waals surface area contributed by atoms with Crippen molar-refractivity contribution in [3.63, 3.8) is 0 Å². The highest BCUT2D eigenvalue weighted by Gasteiger charge is 2.38. The number of Topliss-reactive ketones (excluding diaryl/α,β-unsaturated/α-hetero) is 1. The van der Waals surface area contributed by atoms with Gasteiger partial charge < -0.3 is 4.52 Å². The molecule has 0 saturated heterocycles. The Morgan fingerprint density at radius 1 is 1.31 bits per heavy atom. The fraction of sp³-hybridized carbons (Fsp3) is 0.200. The molecule has 0 aliphatic heterocycles. The minimum absolute atomic E-state index is 0.0200. The van der Waals surface area contributed by atoms with Gasteiger partial charge in [0.05, 0.1) is 22.5 Å². The summed E-state index contributed by atoms with van der Waals surface area (Å²) >= 11 is 2.73. The van der Waals surface area contributed by atoms with Crippen molar-refractivity contribution in [3.8, 4) is 11.4 Å². The third kappa shape index (κ3) is 4.28. The van der Waals surface area contributed by atoms with Crippen molar-refractivity contribution in [3.05, 3.63) is 52.1 Å². The van der Waals surface area contributed by atoms with Crippen molar-refractivity contribution in [2.24, 2.45) is 0 Å². The Labute approximate surface area is 152 Å². The van der Waals surface area contributed by atoms with E-state index in [1.54, 1.807) is 5.51 Å². The van der Waals surface area contributed by atoms with Crippen molar-refractivity contribution in [2.75, 3.05) is 5.75 Å². The van der Waals surface area contributed by atoms with Gasteiger partial charge in [0, 0.05) is 16.7 Å². The maximum atomic E-state index is 14.2. The molecule has 1 aromatic carbocycles. The summed E-state index contributed by atoms with van der Waals surface area (Å²) in [6.07, 6.45) is -4.78. The number of rotatable bonds is 6. The Morgan fingerprint density at radius 2 is 2.12 bits per heavy atom. The number of nitrogens with zero attached hydrogens (tertiary/aromatic N) is 3. The maximum absolute atomic E-state index is 14.2. The summed E-state index contributed by atoms with van der Waals surface area (Å²) in [5, 5.41) is 5.03. The standard InChI is InChI=1S/C15H9F4N3O2S2/c16-11-3-8(13-21-14(24-22-13)15(17,18)19)1-2-10(11)12(23)6-25-4-9-5-26-7-20-9/h1-3,5,7H,4,6H2. The maximum Gasteiger partial charge on any atom is 0.471 e. The lowest BCUT2D eigenvalue weighted by Crippen LogP contribution is -2.06. The second-order valence-corrected chi connectivity index (χ2v) is 6.72. The van der Waals surface area contributed by atoms with Crippen LogP contribution < -0.4 is 0 Å². The number of ketones is 1. The van der Waals surface area contributed by atoms with Crippen LogP contribution in [0.4, 0.5) is 17.6 Å². The summed E-state index contributed by atoms with van der Waals surface area (Å²) in [4.78, 5) is 19.4. The van der Waals surface area contributed by atoms with E-state index < -0.39 is 29.5 Å². The number of alkyl halides is 3. The number of carbonyl (C=O) groups is 1. The van der Waals surface area contributed by atoms with E-state index in [0.29, 0.717) is 5.75 Å². The largest absolute Gasteiger partial charge is 0.471 e. The Hall–Kier alpha value is -2.27. The van der Waals surface area contributed by atoms with Crippen molar-refractivity contribution in [1.29, 1.82) is 0 Å². The summed E-state index contributed by atoms with van der Waals surface area (Å²) in [5.74, 6) is -2.65. The molecule has 2 aromatic heterocycles. The SMILES string of the molecule is O=C(CSCc1cscn1)c1ccc(-c2noc(C(F)(F)F)n2)cc1F. The van der Waals surface area contributed by atoms with E-state index in [-0.39, 0.29) is 16.9 Å². The first-order chi connectivity index (χ1) is 12.3. The van der Waals surface area contributed by atoms with Crippen LogP contribution in [0, 0.1) is 5.82 Å².